The first kappa shape index (κ1) is 14.0. The van der Waals surface area contributed by atoms with Crippen molar-refractivity contribution in [3.63, 3.8) is 0 Å². The summed E-state index contributed by atoms with van der Waals surface area (Å²) in [5.74, 6) is 1.74. The molecule has 0 aliphatic rings. The maximum atomic E-state index is 5.73. The van der Waals surface area contributed by atoms with E-state index in [2.05, 4.69) is 24.4 Å². The Morgan fingerprint density at radius 2 is 1.95 bits per heavy atom. The van der Waals surface area contributed by atoms with Gasteiger partial charge in [-0.2, -0.15) is 0 Å². The molecule has 0 bridgehead atoms. The summed E-state index contributed by atoms with van der Waals surface area (Å²) < 4.78 is 10.7. The van der Waals surface area contributed by atoms with E-state index in [9.17, 15) is 0 Å². The first-order chi connectivity index (χ1) is 9.19. The van der Waals surface area contributed by atoms with Crippen molar-refractivity contribution >= 4 is 11.6 Å². The van der Waals surface area contributed by atoms with E-state index in [0.717, 1.165) is 11.5 Å². The zero-order valence-electron chi connectivity index (χ0n) is 11.2. The molecule has 2 aromatic rings. The molecule has 19 heavy (non-hydrogen) atoms. The van der Waals surface area contributed by atoms with E-state index in [4.69, 9.17) is 20.8 Å². The van der Waals surface area contributed by atoms with Crippen molar-refractivity contribution in [3.05, 3.63) is 52.9 Å². The van der Waals surface area contributed by atoms with E-state index >= 15 is 0 Å². The summed E-state index contributed by atoms with van der Waals surface area (Å²) >= 11 is 5.73. The zero-order chi connectivity index (χ0) is 13.7. The quantitative estimate of drug-likeness (QED) is 0.861. The summed E-state index contributed by atoms with van der Waals surface area (Å²) in [4.78, 5) is 0. The lowest BCUT2D eigenvalue weighted by atomic mass is 10.1. The third-order valence-corrected chi connectivity index (χ3v) is 3.11. The van der Waals surface area contributed by atoms with E-state index in [1.165, 1.54) is 5.56 Å². The molecule has 2 rings (SSSR count). The lowest BCUT2D eigenvalue weighted by Gasteiger charge is -2.14. The van der Waals surface area contributed by atoms with Gasteiger partial charge in [-0.25, -0.2) is 0 Å². The molecule has 0 aliphatic heterocycles. The van der Waals surface area contributed by atoms with Crippen molar-refractivity contribution in [2.75, 3.05) is 6.61 Å². The molecule has 0 spiro atoms. The molecule has 1 heterocycles. The molecule has 1 aromatic heterocycles. The summed E-state index contributed by atoms with van der Waals surface area (Å²) in [6.45, 7) is 5.43. The molecule has 3 nitrogen and oxygen atoms in total. The number of hydrogen-bond donors (Lipinski definition) is 1. The second-order valence-corrected chi connectivity index (χ2v) is 4.68. The molecular weight excluding hydrogens is 262 g/mol. The van der Waals surface area contributed by atoms with E-state index < -0.39 is 0 Å². The van der Waals surface area contributed by atoms with E-state index in [1.807, 2.05) is 25.1 Å². The Kier molecular flexibility index (Phi) is 4.88. The van der Waals surface area contributed by atoms with Crippen LogP contribution in [0.15, 0.2) is 40.8 Å². The predicted molar refractivity (Wildman–Crippen MR) is 76.6 cm³/mol. The molecule has 1 atom stereocenters. The van der Waals surface area contributed by atoms with Crippen LogP contribution < -0.4 is 10.1 Å². The van der Waals surface area contributed by atoms with Gasteiger partial charge in [0.15, 0.2) is 5.22 Å². The van der Waals surface area contributed by atoms with Crippen LogP contribution in [0.4, 0.5) is 0 Å². The minimum Gasteiger partial charge on any atom is -0.494 e. The molecule has 0 unspecified atom stereocenters. The SMILES string of the molecule is CCOc1ccc([C@@H](C)NCc2ccc(Cl)o2)cc1. The minimum atomic E-state index is 0.236. The average Bonchev–Trinajstić information content (AvgIpc) is 2.83. The standard InChI is InChI=1S/C15H18ClNO2/c1-3-18-13-6-4-12(5-7-13)11(2)17-10-14-8-9-15(16)19-14/h4-9,11,17H,3,10H2,1-2H3/t11-/m1/s1. The fourth-order valence-corrected chi connectivity index (χ4v) is 2.00. The monoisotopic (exact) mass is 279 g/mol. The van der Waals surface area contributed by atoms with Crippen molar-refractivity contribution in [2.45, 2.75) is 26.4 Å². The van der Waals surface area contributed by atoms with Crippen molar-refractivity contribution in [1.29, 1.82) is 0 Å². The van der Waals surface area contributed by atoms with Crippen molar-refractivity contribution < 1.29 is 9.15 Å². The van der Waals surface area contributed by atoms with E-state index in [0.29, 0.717) is 18.4 Å². The molecule has 0 amide bonds. The van der Waals surface area contributed by atoms with Gasteiger partial charge in [0.25, 0.3) is 0 Å². The highest BCUT2D eigenvalue weighted by Gasteiger charge is 2.06. The van der Waals surface area contributed by atoms with Crippen LogP contribution in [0.1, 0.15) is 31.2 Å². The van der Waals surface area contributed by atoms with Gasteiger partial charge in [-0.15, -0.1) is 0 Å². The maximum Gasteiger partial charge on any atom is 0.193 e. The third-order valence-electron chi connectivity index (χ3n) is 2.90. The van der Waals surface area contributed by atoms with Gasteiger partial charge in [0.2, 0.25) is 0 Å². The predicted octanol–water partition coefficient (Wildman–Crippen LogP) is 4.18. The fraction of sp³-hybridized carbons (Fsp3) is 0.333. The number of hydrogen-bond acceptors (Lipinski definition) is 3. The van der Waals surface area contributed by atoms with Gasteiger partial charge in [0.1, 0.15) is 11.5 Å². The van der Waals surface area contributed by atoms with Crippen LogP contribution in [0.5, 0.6) is 5.75 Å². The number of rotatable bonds is 6. The lowest BCUT2D eigenvalue weighted by molar-refractivity contribution is 0.340. The average molecular weight is 280 g/mol. The molecule has 1 N–H and O–H groups in total. The second kappa shape index (κ2) is 6.64. The number of ether oxygens (including phenoxy) is 1. The van der Waals surface area contributed by atoms with Crippen LogP contribution in [0.2, 0.25) is 5.22 Å². The van der Waals surface area contributed by atoms with Crippen LogP contribution in [-0.2, 0) is 6.54 Å². The van der Waals surface area contributed by atoms with Crippen LogP contribution >= 0.6 is 11.6 Å². The molecular formula is C15H18ClNO2. The molecule has 0 fully saturated rings. The molecule has 1 aromatic carbocycles. The highest BCUT2D eigenvalue weighted by atomic mass is 35.5. The van der Waals surface area contributed by atoms with Gasteiger partial charge in [0.05, 0.1) is 13.2 Å². The Morgan fingerprint density at radius 3 is 2.53 bits per heavy atom. The minimum absolute atomic E-state index is 0.236. The zero-order valence-corrected chi connectivity index (χ0v) is 11.9. The molecule has 0 saturated carbocycles. The Bertz CT molecular complexity index is 507. The molecule has 0 radical (unpaired) electrons. The largest absolute Gasteiger partial charge is 0.494 e. The van der Waals surface area contributed by atoms with Crippen LogP contribution in [0.3, 0.4) is 0 Å². The summed E-state index contributed by atoms with van der Waals surface area (Å²) in [7, 11) is 0. The normalized spacial score (nSPS) is 12.4. The topological polar surface area (TPSA) is 34.4 Å². The summed E-state index contributed by atoms with van der Waals surface area (Å²) in [6, 6.07) is 12.0. The van der Waals surface area contributed by atoms with E-state index in [1.54, 1.807) is 6.07 Å². The molecule has 0 aliphatic carbocycles. The van der Waals surface area contributed by atoms with Crippen molar-refractivity contribution in [3.8, 4) is 5.75 Å². The number of benzene rings is 1. The number of halogens is 1. The Hall–Kier alpha value is -1.45. The van der Waals surface area contributed by atoms with Gasteiger partial charge >= 0.3 is 0 Å². The maximum absolute atomic E-state index is 5.73. The van der Waals surface area contributed by atoms with Gasteiger partial charge in [-0.1, -0.05) is 12.1 Å². The van der Waals surface area contributed by atoms with Gasteiger partial charge in [-0.3, -0.25) is 0 Å². The molecule has 102 valence electrons. The summed E-state index contributed by atoms with van der Waals surface area (Å²) in [6.07, 6.45) is 0. The highest BCUT2D eigenvalue weighted by molar-refractivity contribution is 6.28. The number of furan rings is 1. The molecule has 4 heteroatoms. The van der Waals surface area contributed by atoms with Crippen LogP contribution in [0, 0.1) is 0 Å². The second-order valence-electron chi connectivity index (χ2n) is 4.31. The first-order valence-corrected chi connectivity index (χ1v) is 6.77. The van der Waals surface area contributed by atoms with Crippen LogP contribution in [0.25, 0.3) is 0 Å². The first-order valence-electron chi connectivity index (χ1n) is 6.39. The Morgan fingerprint density at radius 1 is 1.21 bits per heavy atom. The summed E-state index contributed by atoms with van der Waals surface area (Å²) in [5, 5.41) is 3.81. The van der Waals surface area contributed by atoms with Crippen molar-refractivity contribution in [2.24, 2.45) is 0 Å². The summed E-state index contributed by atoms with van der Waals surface area (Å²) in [5.41, 5.74) is 1.21. The van der Waals surface area contributed by atoms with Crippen LogP contribution in [-0.4, -0.2) is 6.61 Å². The van der Waals surface area contributed by atoms with Gasteiger partial charge in [-0.05, 0) is 55.3 Å². The number of nitrogens with one attached hydrogen (secondary N) is 1. The van der Waals surface area contributed by atoms with Crippen molar-refractivity contribution in [1.82, 2.24) is 5.32 Å². The van der Waals surface area contributed by atoms with E-state index in [-0.39, 0.29) is 6.04 Å². The Labute approximate surface area is 118 Å². The lowest BCUT2D eigenvalue weighted by Crippen LogP contribution is -2.17. The third kappa shape index (κ3) is 4.01. The fourth-order valence-electron chi connectivity index (χ4n) is 1.84. The van der Waals surface area contributed by atoms with Gasteiger partial charge in [0, 0.05) is 6.04 Å². The Balaban J connectivity index is 1.90. The highest BCUT2D eigenvalue weighted by Crippen LogP contribution is 2.19. The molecule has 0 saturated heterocycles. The van der Waals surface area contributed by atoms with Gasteiger partial charge < -0.3 is 14.5 Å². The smallest absolute Gasteiger partial charge is 0.193 e.